The van der Waals surface area contributed by atoms with Crippen molar-refractivity contribution in [2.45, 2.75) is 19.8 Å². The van der Waals surface area contributed by atoms with Gasteiger partial charge in [0.05, 0.1) is 6.42 Å². The minimum absolute atomic E-state index is 0.163. The zero-order valence-electron chi connectivity index (χ0n) is 12.2. The zero-order chi connectivity index (χ0) is 15.9. The van der Waals surface area contributed by atoms with E-state index in [0.29, 0.717) is 30.1 Å². The fourth-order valence-electron chi connectivity index (χ4n) is 1.95. The number of nitrogen functional groups attached to an aromatic ring is 1. The molecule has 114 valence electrons. The molecule has 1 aromatic carbocycles. The minimum Gasteiger partial charge on any atom is -0.429 e. The van der Waals surface area contributed by atoms with Crippen LogP contribution in [0.25, 0.3) is 0 Å². The molecule has 0 aromatic heterocycles. The van der Waals surface area contributed by atoms with Gasteiger partial charge in [-0.1, -0.05) is 12.1 Å². The number of carbonyl (C=O) groups is 2. The van der Waals surface area contributed by atoms with Crippen LogP contribution in [0.2, 0.25) is 0 Å². The molecule has 22 heavy (non-hydrogen) atoms. The molecule has 0 saturated heterocycles. The molecule has 1 aromatic rings. The molecule has 0 spiro atoms. The van der Waals surface area contributed by atoms with E-state index in [-0.39, 0.29) is 12.4 Å². The Labute approximate surface area is 128 Å². The maximum atomic E-state index is 12.0. The van der Waals surface area contributed by atoms with E-state index in [2.05, 4.69) is 0 Å². The Hall–Kier alpha value is -2.82. The summed E-state index contributed by atoms with van der Waals surface area (Å²) in [7, 11) is 0. The fraction of sp³-hybridized carbons (Fsp3) is 0.176. The molecule has 0 amide bonds. The summed E-state index contributed by atoms with van der Waals surface area (Å²) in [5.74, 6) is 0.545. The molecule has 0 saturated carbocycles. The molecular weight excluding hydrogens is 282 g/mol. The number of rotatable bonds is 5. The predicted molar refractivity (Wildman–Crippen MR) is 82.3 cm³/mol. The maximum absolute atomic E-state index is 12.0. The SMILES string of the molecule is CC1=C(OC(=O)Cc2ccc(N)cc2)C=CC(OC=O)=CC1. The monoisotopic (exact) mass is 299 g/mol. The molecule has 0 atom stereocenters. The van der Waals surface area contributed by atoms with Crippen LogP contribution >= 0.6 is 0 Å². The van der Waals surface area contributed by atoms with Crippen molar-refractivity contribution in [1.82, 2.24) is 0 Å². The molecule has 5 nitrogen and oxygen atoms in total. The van der Waals surface area contributed by atoms with Gasteiger partial charge in [0.1, 0.15) is 11.5 Å². The second kappa shape index (κ2) is 7.26. The molecular formula is C17H17NO4. The lowest BCUT2D eigenvalue weighted by molar-refractivity contribution is -0.138. The average molecular weight is 299 g/mol. The predicted octanol–water partition coefficient (Wildman–Crippen LogP) is 2.65. The highest BCUT2D eigenvalue weighted by Gasteiger charge is 2.11. The molecule has 1 aliphatic carbocycles. The average Bonchev–Trinajstić information content (AvgIpc) is 2.66. The van der Waals surface area contributed by atoms with Crippen molar-refractivity contribution in [2.75, 3.05) is 5.73 Å². The smallest absolute Gasteiger partial charge is 0.315 e. The quantitative estimate of drug-likeness (QED) is 0.513. The Morgan fingerprint density at radius 3 is 2.68 bits per heavy atom. The second-order valence-corrected chi connectivity index (χ2v) is 4.90. The van der Waals surface area contributed by atoms with Crippen molar-refractivity contribution in [2.24, 2.45) is 0 Å². The second-order valence-electron chi connectivity index (χ2n) is 4.90. The highest BCUT2D eigenvalue weighted by Crippen LogP contribution is 2.19. The van der Waals surface area contributed by atoms with Crippen molar-refractivity contribution < 1.29 is 19.1 Å². The number of benzene rings is 1. The molecule has 1 aliphatic rings. The van der Waals surface area contributed by atoms with Crippen LogP contribution in [-0.4, -0.2) is 12.4 Å². The Morgan fingerprint density at radius 2 is 2.00 bits per heavy atom. The van der Waals surface area contributed by atoms with Gasteiger partial charge in [0.15, 0.2) is 0 Å². The number of allylic oxidation sites excluding steroid dienone is 4. The first-order valence-electron chi connectivity index (χ1n) is 6.82. The zero-order valence-corrected chi connectivity index (χ0v) is 12.2. The summed E-state index contributed by atoms with van der Waals surface area (Å²) >= 11 is 0. The topological polar surface area (TPSA) is 78.6 Å². The number of carbonyl (C=O) groups excluding carboxylic acids is 2. The third-order valence-electron chi connectivity index (χ3n) is 3.17. The molecule has 0 unspecified atom stereocenters. The number of ether oxygens (including phenoxy) is 2. The molecule has 5 heteroatoms. The van der Waals surface area contributed by atoms with E-state index in [4.69, 9.17) is 15.2 Å². The van der Waals surface area contributed by atoms with Crippen LogP contribution in [0.3, 0.4) is 0 Å². The number of nitrogens with two attached hydrogens (primary N) is 1. The summed E-state index contributed by atoms with van der Waals surface area (Å²) in [6, 6.07) is 7.06. The van der Waals surface area contributed by atoms with Gasteiger partial charge < -0.3 is 15.2 Å². The highest BCUT2D eigenvalue weighted by molar-refractivity contribution is 5.74. The van der Waals surface area contributed by atoms with Gasteiger partial charge in [0.2, 0.25) is 0 Å². The van der Waals surface area contributed by atoms with Crippen molar-refractivity contribution >= 4 is 18.1 Å². The van der Waals surface area contributed by atoms with Crippen LogP contribution in [0.4, 0.5) is 5.69 Å². The summed E-state index contributed by atoms with van der Waals surface area (Å²) in [6.45, 7) is 2.22. The number of hydrogen-bond donors (Lipinski definition) is 1. The van der Waals surface area contributed by atoms with E-state index in [1.807, 2.05) is 6.92 Å². The Kier molecular flexibility index (Phi) is 5.14. The number of hydrogen-bond acceptors (Lipinski definition) is 5. The van der Waals surface area contributed by atoms with Gasteiger partial charge in [0, 0.05) is 5.69 Å². The normalized spacial score (nSPS) is 14.1. The molecule has 0 radical (unpaired) electrons. The van der Waals surface area contributed by atoms with E-state index in [9.17, 15) is 9.59 Å². The Bertz CT molecular complexity index is 654. The van der Waals surface area contributed by atoms with Gasteiger partial charge in [-0.3, -0.25) is 9.59 Å². The van der Waals surface area contributed by atoms with Gasteiger partial charge in [-0.05, 0) is 54.8 Å². The fourth-order valence-corrected chi connectivity index (χ4v) is 1.95. The number of anilines is 1. The summed E-state index contributed by atoms with van der Waals surface area (Å²) < 4.78 is 10.2. The molecule has 2 rings (SSSR count). The third kappa shape index (κ3) is 4.34. The van der Waals surface area contributed by atoms with Crippen LogP contribution in [0.15, 0.2) is 59.6 Å². The summed E-state index contributed by atoms with van der Waals surface area (Å²) in [4.78, 5) is 22.4. The first kappa shape index (κ1) is 15.6. The molecule has 0 aliphatic heterocycles. The van der Waals surface area contributed by atoms with Gasteiger partial charge in [-0.2, -0.15) is 0 Å². The van der Waals surface area contributed by atoms with Crippen molar-refractivity contribution in [3.05, 3.63) is 65.1 Å². The maximum Gasteiger partial charge on any atom is 0.315 e. The molecule has 0 heterocycles. The van der Waals surface area contributed by atoms with E-state index in [1.165, 1.54) is 0 Å². The Morgan fingerprint density at radius 1 is 1.27 bits per heavy atom. The summed E-state index contributed by atoms with van der Waals surface area (Å²) in [5.41, 5.74) is 7.97. The van der Waals surface area contributed by atoms with E-state index >= 15 is 0 Å². The molecule has 0 fully saturated rings. The first-order valence-corrected chi connectivity index (χ1v) is 6.82. The van der Waals surface area contributed by atoms with Crippen LogP contribution in [0, 0.1) is 0 Å². The lowest BCUT2D eigenvalue weighted by atomic mass is 10.1. The largest absolute Gasteiger partial charge is 0.429 e. The lowest BCUT2D eigenvalue weighted by Gasteiger charge is -2.08. The standard InChI is InChI=1S/C17H17NO4/c1-12-2-7-15(21-11-19)8-9-16(12)22-17(20)10-13-3-5-14(18)6-4-13/h3-9,11H,2,10,18H2,1H3. The van der Waals surface area contributed by atoms with Gasteiger partial charge in [-0.15, -0.1) is 0 Å². The summed E-state index contributed by atoms with van der Waals surface area (Å²) in [5, 5.41) is 0. The van der Waals surface area contributed by atoms with Crippen LogP contribution in [0.5, 0.6) is 0 Å². The minimum atomic E-state index is -0.358. The lowest BCUT2D eigenvalue weighted by Crippen LogP contribution is -2.08. The highest BCUT2D eigenvalue weighted by atomic mass is 16.5. The van der Waals surface area contributed by atoms with Crippen LogP contribution in [0.1, 0.15) is 18.9 Å². The molecule has 0 bridgehead atoms. The third-order valence-corrected chi connectivity index (χ3v) is 3.17. The Balaban J connectivity index is 2.00. The van der Waals surface area contributed by atoms with Crippen molar-refractivity contribution in [3.8, 4) is 0 Å². The van der Waals surface area contributed by atoms with Gasteiger partial charge in [0.25, 0.3) is 6.47 Å². The molecule has 2 N–H and O–H groups in total. The van der Waals surface area contributed by atoms with Crippen LogP contribution in [-0.2, 0) is 25.5 Å². The van der Waals surface area contributed by atoms with E-state index in [1.54, 1.807) is 42.5 Å². The van der Waals surface area contributed by atoms with Crippen molar-refractivity contribution in [1.29, 1.82) is 0 Å². The van der Waals surface area contributed by atoms with Crippen molar-refractivity contribution in [3.63, 3.8) is 0 Å². The van der Waals surface area contributed by atoms with E-state index < -0.39 is 0 Å². The van der Waals surface area contributed by atoms with Gasteiger partial charge >= 0.3 is 5.97 Å². The first-order chi connectivity index (χ1) is 10.6. The van der Waals surface area contributed by atoms with E-state index in [0.717, 1.165) is 11.1 Å². The van der Waals surface area contributed by atoms with Gasteiger partial charge in [-0.25, -0.2) is 0 Å². The summed E-state index contributed by atoms with van der Waals surface area (Å²) in [6.07, 6.45) is 5.67. The van der Waals surface area contributed by atoms with Crippen LogP contribution < -0.4 is 5.73 Å². The number of esters is 1.